The van der Waals surface area contributed by atoms with Gasteiger partial charge in [0.15, 0.2) is 5.65 Å². The van der Waals surface area contributed by atoms with Crippen molar-refractivity contribution in [2.75, 3.05) is 44.8 Å². The fourth-order valence-corrected chi connectivity index (χ4v) is 5.46. The highest BCUT2D eigenvalue weighted by atomic mass is 32.1. The summed E-state index contributed by atoms with van der Waals surface area (Å²) < 4.78 is 8.34. The molecule has 0 aliphatic carbocycles. The van der Waals surface area contributed by atoms with Crippen LogP contribution in [0.25, 0.3) is 26.1 Å². The molecule has 1 aromatic carbocycles. The van der Waals surface area contributed by atoms with E-state index in [4.69, 9.17) is 15.1 Å². The summed E-state index contributed by atoms with van der Waals surface area (Å²) in [4.78, 5) is 34.6. The van der Waals surface area contributed by atoms with E-state index in [2.05, 4.69) is 15.5 Å². The quantitative estimate of drug-likeness (QED) is 0.359. The summed E-state index contributed by atoms with van der Waals surface area (Å²) in [7, 11) is 1.74. The van der Waals surface area contributed by atoms with E-state index >= 15 is 0 Å². The highest BCUT2D eigenvalue weighted by molar-refractivity contribution is 7.24. The second-order valence-electron chi connectivity index (χ2n) is 8.32. The number of carbonyl (C=O) groups is 1. The minimum absolute atomic E-state index is 0.0889. The molecule has 3 N–H and O–H groups in total. The summed E-state index contributed by atoms with van der Waals surface area (Å²) in [6.07, 6.45) is 1.67. The van der Waals surface area contributed by atoms with Gasteiger partial charge < -0.3 is 25.7 Å². The molecule has 0 bridgehead atoms. The SMILES string of the molecule is CN/C=C(/CNC(=O)c1c(=O)c2ccc(N3CCOCC3)nc2n2c1sc1ccccc12)C(C)=N. The molecule has 9 nitrogen and oxygen atoms in total. The average molecular weight is 491 g/mol. The predicted octanol–water partition coefficient (Wildman–Crippen LogP) is 2.77. The molecule has 0 atom stereocenters. The smallest absolute Gasteiger partial charge is 0.258 e. The first kappa shape index (κ1) is 23.0. The Hall–Kier alpha value is -3.76. The van der Waals surface area contributed by atoms with Crippen LogP contribution in [-0.2, 0) is 4.74 Å². The zero-order valence-electron chi connectivity index (χ0n) is 19.6. The number of pyridine rings is 2. The van der Waals surface area contributed by atoms with Crippen molar-refractivity contribution in [3.8, 4) is 0 Å². The summed E-state index contributed by atoms with van der Waals surface area (Å²) in [6, 6.07) is 11.4. The molecule has 0 spiro atoms. The third kappa shape index (κ3) is 4.15. The summed E-state index contributed by atoms with van der Waals surface area (Å²) >= 11 is 1.40. The monoisotopic (exact) mass is 490 g/mol. The van der Waals surface area contributed by atoms with Gasteiger partial charge in [-0.1, -0.05) is 12.1 Å². The van der Waals surface area contributed by atoms with Crippen molar-refractivity contribution < 1.29 is 9.53 Å². The number of rotatable bonds is 6. The fraction of sp³-hybridized carbons (Fsp3) is 0.280. The zero-order chi connectivity index (χ0) is 24.5. The van der Waals surface area contributed by atoms with Gasteiger partial charge in [-0.25, -0.2) is 4.98 Å². The van der Waals surface area contributed by atoms with Crippen molar-refractivity contribution in [2.45, 2.75) is 6.92 Å². The van der Waals surface area contributed by atoms with Gasteiger partial charge in [0.05, 0.1) is 28.8 Å². The Kier molecular flexibility index (Phi) is 6.23. The predicted molar refractivity (Wildman–Crippen MR) is 140 cm³/mol. The van der Waals surface area contributed by atoms with Gasteiger partial charge in [-0.05, 0) is 31.2 Å². The first-order valence-electron chi connectivity index (χ1n) is 11.4. The number of amides is 1. The molecule has 3 aromatic heterocycles. The lowest BCUT2D eigenvalue weighted by molar-refractivity contribution is 0.0958. The van der Waals surface area contributed by atoms with Gasteiger partial charge in [0, 0.05) is 44.2 Å². The van der Waals surface area contributed by atoms with E-state index in [9.17, 15) is 9.59 Å². The molecule has 1 fully saturated rings. The van der Waals surface area contributed by atoms with Crippen LogP contribution in [0.15, 0.2) is 53.0 Å². The van der Waals surface area contributed by atoms with E-state index in [0.29, 0.717) is 40.4 Å². The third-order valence-corrected chi connectivity index (χ3v) is 7.22. The number of benzene rings is 1. The van der Waals surface area contributed by atoms with Crippen LogP contribution in [0.4, 0.5) is 5.82 Å². The van der Waals surface area contributed by atoms with Gasteiger partial charge >= 0.3 is 0 Å². The first-order valence-corrected chi connectivity index (χ1v) is 12.2. The maximum Gasteiger partial charge on any atom is 0.258 e. The number of fused-ring (bicyclic) bond motifs is 5. The minimum Gasteiger partial charge on any atom is -0.394 e. The van der Waals surface area contributed by atoms with Crippen LogP contribution in [0.3, 0.4) is 0 Å². The molecular formula is C25H26N6O3S. The minimum atomic E-state index is -0.471. The lowest BCUT2D eigenvalue weighted by Crippen LogP contribution is -2.37. The summed E-state index contributed by atoms with van der Waals surface area (Å²) in [5.74, 6) is 0.311. The number of nitrogens with zero attached hydrogens (tertiary/aromatic N) is 3. The number of aromatic nitrogens is 2. The summed E-state index contributed by atoms with van der Waals surface area (Å²) in [6.45, 7) is 4.52. The molecule has 35 heavy (non-hydrogen) atoms. The Morgan fingerprint density at radius 1 is 1.23 bits per heavy atom. The molecule has 4 heterocycles. The average Bonchev–Trinajstić information content (AvgIpc) is 3.26. The van der Waals surface area contributed by atoms with Gasteiger partial charge in [-0.2, -0.15) is 0 Å². The van der Waals surface area contributed by atoms with E-state index in [1.54, 1.807) is 26.2 Å². The van der Waals surface area contributed by atoms with Crippen molar-refractivity contribution in [3.63, 3.8) is 0 Å². The number of hydrogen-bond donors (Lipinski definition) is 3. The van der Waals surface area contributed by atoms with Crippen LogP contribution in [0.5, 0.6) is 0 Å². The maximum atomic E-state index is 13.6. The molecular weight excluding hydrogens is 464 g/mol. The van der Waals surface area contributed by atoms with E-state index < -0.39 is 5.91 Å². The number of carbonyl (C=O) groups excluding carboxylic acids is 1. The molecule has 0 radical (unpaired) electrons. The van der Waals surface area contributed by atoms with Gasteiger partial charge in [0.1, 0.15) is 16.2 Å². The Morgan fingerprint density at radius 2 is 2.00 bits per heavy atom. The van der Waals surface area contributed by atoms with Crippen LogP contribution < -0.4 is 21.0 Å². The van der Waals surface area contributed by atoms with Crippen LogP contribution in [0.2, 0.25) is 0 Å². The largest absolute Gasteiger partial charge is 0.394 e. The Balaban J connectivity index is 1.69. The Morgan fingerprint density at radius 3 is 2.74 bits per heavy atom. The molecule has 5 rings (SSSR count). The fourth-order valence-electron chi connectivity index (χ4n) is 4.28. The van der Waals surface area contributed by atoms with Gasteiger partial charge in [-0.3, -0.25) is 14.0 Å². The molecule has 4 aromatic rings. The normalized spacial score (nSPS) is 14.6. The van der Waals surface area contributed by atoms with E-state index in [-0.39, 0.29) is 17.5 Å². The number of anilines is 1. The molecule has 1 aliphatic heterocycles. The molecule has 10 heteroatoms. The van der Waals surface area contributed by atoms with Crippen LogP contribution in [0.1, 0.15) is 17.3 Å². The molecule has 0 unspecified atom stereocenters. The number of ether oxygens (including phenoxy) is 1. The second kappa shape index (κ2) is 9.47. The van der Waals surface area contributed by atoms with Crippen molar-refractivity contribution >= 4 is 54.9 Å². The number of thiazole rings is 1. The van der Waals surface area contributed by atoms with E-state index in [1.807, 2.05) is 34.7 Å². The number of morpholine rings is 1. The number of hydrogen-bond acceptors (Lipinski definition) is 8. The van der Waals surface area contributed by atoms with E-state index in [0.717, 1.165) is 29.1 Å². The highest BCUT2D eigenvalue weighted by Crippen LogP contribution is 2.31. The number of nitrogens with one attached hydrogen (secondary N) is 3. The lowest BCUT2D eigenvalue weighted by atomic mass is 10.1. The summed E-state index contributed by atoms with van der Waals surface area (Å²) in [5.41, 5.74) is 2.13. The van der Waals surface area contributed by atoms with Crippen molar-refractivity contribution in [1.29, 1.82) is 5.41 Å². The Labute approximate surface area is 205 Å². The highest BCUT2D eigenvalue weighted by Gasteiger charge is 2.24. The molecule has 1 amide bonds. The van der Waals surface area contributed by atoms with Crippen molar-refractivity contribution in [2.24, 2.45) is 0 Å². The van der Waals surface area contributed by atoms with E-state index in [1.165, 1.54) is 11.3 Å². The lowest BCUT2D eigenvalue weighted by Gasteiger charge is -2.27. The standard InChI is InChI=1S/C25H26N6O3S/c1-15(26)16(13-27-2)14-28-24(33)21-22(32)17-7-8-20(30-9-11-34-12-10-30)29-23(17)31-18-5-3-4-6-19(18)35-25(21)31/h3-8,13,26-27H,9-12,14H2,1-2H3,(H,28,33)/b16-13-,26-15?. The molecule has 180 valence electrons. The summed E-state index contributed by atoms with van der Waals surface area (Å²) in [5, 5.41) is 14.0. The third-order valence-electron chi connectivity index (χ3n) is 6.08. The van der Waals surface area contributed by atoms with Gasteiger partial charge in [0.25, 0.3) is 5.91 Å². The Bertz CT molecular complexity index is 1550. The van der Waals surface area contributed by atoms with Crippen LogP contribution in [-0.4, -0.2) is 60.9 Å². The molecule has 1 saturated heterocycles. The molecule has 0 saturated carbocycles. The zero-order valence-corrected chi connectivity index (χ0v) is 20.4. The first-order chi connectivity index (χ1) is 17.0. The molecule has 1 aliphatic rings. The van der Waals surface area contributed by atoms with Gasteiger partial charge in [-0.15, -0.1) is 11.3 Å². The second-order valence-corrected chi connectivity index (χ2v) is 9.35. The van der Waals surface area contributed by atoms with Crippen molar-refractivity contribution in [1.82, 2.24) is 20.0 Å². The number of para-hydroxylation sites is 1. The topological polar surface area (TPSA) is 112 Å². The maximum absolute atomic E-state index is 13.6. The van der Waals surface area contributed by atoms with Gasteiger partial charge in [0.2, 0.25) is 5.43 Å². The van der Waals surface area contributed by atoms with Crippen LogP contribution >= 0.6 is 11.3 Å². The van der Waals surface area contributed by atoms with Crippen LogP contribution in [0, 0.1) is 5.41 Å². The van der Waals surface area contributed by atoms with Crippen molar-refractivity contribution in [3.05, 3.63) is 64.0 Å².